The fourth-order valence-corrected chi connectivity index (χ4v) is 4.36. The maximum atomic E-state index is 3.56. The van der Waals surface area contributed by atoms with Gasteiger partial charge in [-0.05, 0) is 49.8 Å². The number of rotatable bonds is 4. The number of thiophene rings is 2. The predicted molar refractivity (Wildman–Crippen MR) is 84.4 cm³/mol. The van der Waals surface area contributed by atoms with E-state index in [0.717, 1.165) is 13.1 Å². The Morgan fingerprint density at radius 2 is 1.94 bits per heavy atom. The van der Waals surface area contributed by atoms with Gasteiger partial charge in [0, 0.05) is 27.1 Å². The largest absolute Gasteiger partial charge is 0.308 e. The van der Waals surface area contributed by atoms with Gasteiger partial charge in [0.25, 0.3) is 0 Å². The van der Waals surface area contributed by atoms with Crippen molar-refractivity contribution in [1.29, 1.82) is 0 Å². The van der Waals surface area contributed by atoms with E-state index in [2.05, 4.69) is 62.3 Å². The van der Waals surface area contributed by atoms with Crippen LogP contribution in [-0.2, 0) is 13.1 Å². The molecule has 0 bridgehead atoms. The molecule has 3 rings (SSSR count). The van der Waals surface area contributed by atoms with Crippen molar-refractivity contribution in [3.05, 3.63) is 56.0 Å². The highest BCUT2D eigenvalue weighted by Gasteiger charge is 2.04. The average Bonchev–Trinajstić information content (AvgIpc) is 2.97. The normalized spacial score (nSPS) is 11.2. The van der Waals surface area contributed by atoms with Crippen molar-refractivity contribution in [2.45, 2.75) is 13.1 Å². The van der Waals surface area contributed by atoms with E-state index in [9.17, 15) is 0 Å². The van der Waals surface area contributed by atoms with Crippen molar-refractivity contribution in [3.8, 4) is 0 Å². The van der Waals surface area contributed by atoms with Gasteiger partial charge in [-0.2, -0.15) is 0 Å². The van der Waals surface area contributed by atoms with Gasteiger partial charge in [0.05, 0.1) is 0 Å². The molecule has 0 aliphatic carbocycles. The molecule has 2 heterocycles. The molecule has 0 radical (unpaired) electrons. The van der Waals surface area contributed by atoms with E-state index in [4.69, 9.17) is 0 Å². The lowest BCUT2D eigenvalue weighted by Gasteiger charge is -2.03. The third-order valence-corrected chi connectivity index (χ3v) is 5.79. The van der Waals surface area contributed by atoms with Crippen molar-refractivity contribution in [2.75, 3.05) is 0 Å². The van der Waals surface area contributed by atoms with E-state index in [1.54, 1.807) is 11.3 Å². The second-order valence-electron chi connectivity index (χ2n) is 4.05. The minimum atomic E-state index is 0.919. The number of fused-ring (bicyclic) bond motifs is 1. The SMILES string of the molecule is Brc1ccsc1CNCc1csc2ccccc12. The highest BCUT2D eigenvalue weighted by Crippen LogP contribution is 2.26. The summed E-state index contributed by atoms with van der Waals surface area (Å²) < 4.78 is 2.57. The van der Waals surface area contributed by atoms with Crippen LogP contribution in [0.15, 0.2) is 45.6 Å². The summed E-state index contributed by atoms with van der Waals surface area (Å²) in [5.74, 6) is 0. The summed E-state index contributed by atoms with van der Waals surface area (Å²) in [5.41, 5.74) is 1.39. The van der Waals surface area contributed by atoms with Crippen molar-refractivity contribution >= 4 is 48.7 Å². The second kappa shape index (κ2) is 5.53. The quantitative estimate of drug-likeness (QED) is 0.705. The van der Waals surface area contributed by atoms with Gasteiger partial charge < -0.3 is 5.32 Å². The Labute approximate surface area is 123 Å². The molecule has 0 fully saturated rings. The Morgan fingerprint density at radius 1 is 1.06 bits per heavy atom. The Balaban J connectivity index is 1.68. The Bertz CT molecular complexity index is 656. The standard InChI is InChI=1S/C14H12BrNS2/c15-12-5-6-17-14(12)8-16-7-10-9-18-13-4-2-1-3-11(10)13/h1-6,9,16H,7-8H2. The summed E-state index contributed by atoms with van der Waals surface area (Å²) >= 11 is 7.16. The van der Waals surface area contributed by atoms with Gasteiger partial charge in [0.2, 0.25) is 0 Å². The Kier molecular flexibility index (Phi) is 3.80. The number of benzene rings is 1. The van der Waals surface area contributed by atoms with Crippen molar-refractivity contribution in [3.63, 3.8) is 0 Å². The molecule has 3 aromatic rings. The van der Waals surface area contributed by atoms with Crippen LogP contribution in [0.1, 0.15) is 10.4 Å². The van der Waals surface area contributed by atoms with Crippen LogP contribution < -0.4 is 5.32 Å². The van der Waals surface area contributed by atoms with Gasteiger partial charge >= 0.3 is 0 Å². The van der Waals surface area contributed by atoms with Crippen LogP contribution in [-0.4, -0.2) is 0 Å². The molecule has 0 aliphatic rings. The highest BCUT2D eigenvalue weighted by atomic mass is 79.9. The third-order valence-electron chi connectivity index (χ3n) is 2.85. The second-order valence-corrected chi connectivity index (χ2v) is 6.82. The first-order valence-corrected chi connectivity index (χ1v) is 8.27. The molecule has 2 aromatic heterocycles. The van der Waals surface area contributed by atoms with Crippen LogP contribution in [0.2, 0.25) is 0 Å². The molecule has 0 atom stereocenters. The molecule has 0 unspecified atom stereocenters. The van der Waals surface area contributed by atoms with Gasteiger partial charge in [0.15, 0.2) is 0 Å². The summed E-state index contributed by atoms with van der Waals surface area (Å²) in [5, 5.41) is 9.25. The van der Waals surface area contributed by atoms with Gasteiger partial charge in [0.1, 0.15) is 0 Å². The fraction of sp³-hybridized carbons (Fsp3) is 0.143. The lowest BCUT2D eigenvalue weighted by molar-refractivity contribution is 0.704. The molecule has 0 saturated heterocycles. The molecule has 92 valence electrons. The Morgan fingerprint density at radius 3 is 2.78 bits per heavy atom. The molecule has 1 nitrogen and oxygen atoms in total. The van der Waals surface area contributed by atoms with Crippen molar-refractivity contribution in [1.82, 2.24) is 5.32 Å². The molecule has 1 aromatic carbocycles. The topological polar surface area (TPSA) is 12.0 Å². The Hall–Kier alpha value is -0.680. The monoisotopic (exact) mass is 337 g/mol. The summed E-state index contributed by atoms with van der Waals surface area (Å²) in [6, 6.07) is 10.7. The van der Waals surface area contributed by atoms with Gasteiger partial charge in [-0.3, -0.25) is 0 Å². The zero-order valence-electron chi connectivity index (χ0n) is 9.65. The number of hydrogen-bond acceptors (Lipinski definition) is 3. The minimum Gasteiger partial charge on any atom is -0.308 e. The van der Waals surface area contributed by atoms with E-state index in [1.807, 2.05) is 11.3 Å². The van der Waals surface area contributed by atoms with Gasteiger partial charge in [-0.15, -0.1) is 22.7 Å². The minimum absolute atomic E-state index is 0.919. The van der Waals surface area contributed by atoms with Crippen LogP contribution in [0.3, 0.4) is 0 Å². The number of nitrogens with one attached hydrogen (secondary N) is 1. The molecule has 1 N–H and O–H groups in total. The van der Waals surface area contributed by atoms with E-state index in [0.29, 0.717) is 0 Å². The molecular weight excluding hydrogens is 326 g/mol. The number of hydrogen-bond donors (Lipinski definition) is 1. The lowest BCUT2D eigenvalue weighted by atomic mass is 10.2. The van der Waals surface area contributed by atoms with Crippen LogP contribution >= 0.6 is 38.6 Å². The van der Waals surface area contributed by atoms with Crippen molar-refractivity contribution in [2.24, 2.45) is 0 Å². The van der Waals surface area contributed by atoms with E-state index in [1.165, 1.54) is 25.0 Å². The zero-order chi connectivity index (χ0) is 12.4. The lowest BCUT2D eigenvalue weighted by Crippen LogP contribution is -2.11. The molecule has 18 heavy (non-hydrogen) atoms. The molecule has 0 saturated carbocycles. The summed E-state index contributed by atoms with van der Waals surface area (Å²) in [7, 11) is 0. The maximum Gasteiger partial charge on any atom is 0.0346 e. The van der Waals surface area contributed by atoms with E-state index < -0.39 is 0 Å². The van der Waals surface area contributed by atoms with Crippen molar-refractivity contribution < 1.29 is 0 Å². The maximum absolute atomic E-state index is 3.56. The first-order chi connectivity index (χ1) is 8.84. The average molecular weight is 338 g/mol. The van der Waals surface area contributed by atoms with Crippen LogP contribution in [0.5, 0.6) is 0 Å². The fourth-order valence-electron chi connectivity index (χ4n) is 1.93. The first kappa shape index (κ1) is 12.4. The first-order valence-electron chi connectivity index (χ1n) is 5.72. The van der Waals surface area contributed by atoms with Crippen LogP contribution in [0.4, 0.5) is 0 Å². The number of halogens is 1. The molecule has 4 heteroatoms. The molecule has 0 spiro atoms. The smallest absolute Gasteiger partial charge is 0.0346 e. The van der Waals surface area contributed by atoms with E-state index in [-0.39, 0.29) is 0 Å². The zero-order valence-corrected chi connectivity index (χ0v) is 12.9. The third kappa shape index (κ3) is 2.52. The summed E-state index contributed by atoms with van der Waals surface area (Å²) in [4.78, 5) is 1.36. The summed E-state index contributed by atoms with van der Waals surface area (Å²) in [6.45, 7) is 1.84. The molecular formula is C14H12BrNS2. The van der Waals surface area contributed by atoms with Crippen LogP contribution in [0, 0.1) is 0 Å². The van der Waals surface area contributed by atoms with Gasteiger partial charge in [-0.25, -0.2) is 0 Å². The van der Waals surface area contributed by atoms with E-state index >= 15 is 0 Å². The summed E-state index contributed by atoms with van der Waals surface area (Å²) in [6.07, 6.45) is 0. The van der Waals surface area contributed by atoms with Gasteiger partial charge in [-0.1, -0.05) is 18.2 Å². The molecule has 0 amide bonds. The highest BCUT2D eigenvalue weighted by molar-refractivity contribution is 9.10. The molecule has 0 aliphatic heterocycles. The predicted octanol–water partition coefficient (Wildman–Crippen LogP) is 5.02. The van der Waals surface area contributed by atoms with Crippen LogP contribution in [0.25, 0.3) is 10.1 Å².